The highest BCUT2D eigenvalue weighted by Crippen LogP contribution is 2.32. The molecule has 6 aromatic rings. The van der Waals surface area contributed by atoms with Crippen molar-refractivity contribution in [3.05, 3.63) is 144 Å². The Kier molecular flexibility index (Phi) is 10.5. The zero-order valence-corrected chi connectivity index (χ0v) is 28.9. The second kappa shape index (κ2) is 15.5. The lowest BCUT2D eigenvalue weighted by Gasteiger charge is -2.28. The van der Waals surface area contributed by atoms with Crippen LogP contribution in [0.1, 0.15) is 28.4 Å². The number of benzene rings is 5. The number of sulfonamides is 1. The van der Waals surface area contributed by atoms with Gasteiger partial charge in [0.15, 0.2) is 0 Å². The lowest BCUT2D eigenvalue weighted by molar-refractivity contribution is -0.142. The van der Waals surface area contributed by atoms with Crippen molar-refractivity contribution in [3.8, 4) is 6.07 Å². The molecule has 0 aliphatic rings. The van der Waals surface area contributed by atoms with Crippen molar-refractivity contribution >= 4 is 60.9 Å². The molecule has 11 nitrogen and oxygen atoms in total. The van der Waals surface area contributed by atoms with Gasteiger partial charge in [-0.2, -0.15) is 5.26 Å². The fourth-order valence-corrected chi connectivity index (χ4v) is 7.37. The number of fused-ring (bicyclic) bond motifs is 2. The third-order valence-electron chi connectivity index (χ3n) is 8.34. The lowest BCUT2D eigenvalue weighted by atomic mass is 10.0. The third kappa shape index (κ3) is 7.60. The number of ether oxygens (including phenoxy) is 1. The smallest absolute Gasteiger partial charge is 0.326 e. The van der Waals surface area contributed by atoms with E-state index in [2.05, 4.69) is 16.4 Å². The summed E-state index contributed by atoms with van der Waals surface area (Å²) in [5.41, 5.74) is 2.48. The van der Waals surface area contributed by atoms with Gasteiger partial charge in [0.1, 0.15) is 18.0 Å². The van der Waals surface area contributed by atoms with Crippen LogP contribution in [-0.4, -0.2) is 50.9 Å². The number of esters is 1. The third-order valence-corrected chi connectivity index (χ3v) is 10.1. The number of nitriles is 1. The number of hydrogen-bond donors (Lipinski definition) is 1. The first-order chi connectivity index (χ1) is 25.2. The van der Waals surface area contributed by atoms with Crippen LogP contribution in [0.25, 0.3) is 21.7 Å². The number of hydrogen-bond acceptors (Lipinski definition) is 8. The van der Waals surface area contributed by atoms with Gasteiger partial charge in [0, 0.05) is 29.4 Å². The minimum atomic E-state index is -4.46. The molecule has 0 aliphatic carbocycles. The molecule has 0 spiro atoms. The summed E-state index contributed by atoms with van der Waals surface area (Å²) in [6.07, 6.45) is 1.50. The molecule has 12 heteroatoms. The predicted molar refractivity (Wildman–Crippen MR) is 198 cm³/mol. The summed E-state index contributed by atoms with van der Waals surface area (Å²) in [7, 11) is -4.46. The molecule has 1 N–H and O–H groups in total. The van der Waals surface area contributed by atoms with Crippen LogP contribution >= 0.6 is 0 Å². The van der Waals surface area contributed by atoms with Crippen molar-refractivity contribution in [1.29, 1.82) is 5.26 Å². The van der Waals surface area contributed by atoms with Crippen LogP contribution in [0.2, 0.25) is 0 Å². The summed E-state index contributed by atoms with van der Waals surface area (Å²) >= 11 is 0. The summed E-state index contributed by atoms with van der Waals surface area (Å²) < 4.78 is 35.5. The fraction of sp³-hybridized carbons (Fsp3) is 0.125. The molecule has 5 aromatic carbocycles. The standard InChI is InChI=1S/C40H33N5O6S/c1-2-51-38(47)27-44(32-12-4-3-5-13-32)37(46)26-45(52(49,50)36-15-7-9-30-11-8-22-42-39(30)36)33-20-21-34-31(23-33)10-6-14-35(34)40(48)43-25-29-18-16-28(24-41)17-19-29/h3-23H,2,25-27H2,1H3,(H,43,48). The van der Waals surface area contributed by atoms with Gasteiger partial charge in [-0.05, 0) is 77.9 Å². The van der Waals surface area contributed by atoms with Crippen molar-refractivity contribution in [2.45, 2.75) is 18.4 Å². The monoisotopic (exact) mass is 711 g/mol. The fourth-order valence-electron chi connectivity index (χ4n) is 5.79. The van der Waals surface area contributed by atoms with E-state index in [1.54, 1.807) is 122 Å². The largest absolute Gasteiger partial charge is 0.465 e. The van der Waals surface area contributed by atoms with E-state index in [0.29, 0.717) is 33.0 Å². The van der Waals surface area contributed by atoms with Crippen LogP contribution in [0.4, 0.5) is 11.4 Å². The number of rotatable bonds is 12. The summed E-state index contributed by atoms with van der Waals surface area (Å²) in [6, 6.07) is 35.6. The molecule has 0 atom stereocenters. The van der Waals surface area contributed by atoms with Crippen LogP contribution < -0.4 is 14.5 Å². The van der Waals surface area contributed by atoms with Crippen LogP contribution in [-0.2, 0) is 30.9 Å². The first-order valence-electron chi connectivity index (χ1n) is 16.4. The maximum atomic E-state index is 14.7. The highest BCUT2D eigenvalue weighted by atomic mass is 32.2. The normalized spacial score (nSPS) is 11.1. The van der Waals surface area contributed by atoms with E-state index in [1.807, 2.05) is 0 Å². The minimum Gasteiger partial charge on any atom is -0.465 e. The first-order valence-corrected chi connectivity index (χ1v) is 17.8. The highest BCUT2D eigenvalue weighted by Gasteiger charge is 2.32. The summed E-state index contributed by atoms with van der Waals surface area (Å²) in [6.45, 7) is 0.894. The van der Waals surface area contributed by atoms with Crippen molar-refractivity contribution in [2.24, 2.45) is 0 Å². The van der Waals surface area contributed by atoms with E-state index in [1.165, 1.54) is 17.2 Å². The Hall–Kier alpha value is -6.58. The van der Waals surface area contributed by atoms with E-state index in [4.69, 9.17) is 10.00 Å². The molecule has 0 saturated carbocycles. The zero-order valence-electron chi connectivity index (χ0n) is 28.1. The lowest BCUT2D eigenvalue weighted by Crippen LogP contribution is -2.45. The van der Waals surface area contributed by atoms with Gasteiger partial charge >= 0.3 is 5.97 Å². The first kappa shape index (κ1) is 35.3. The van der Waals surface area contributed by atoms with E-state index >= 15 is 0 Å². The number of carbonyl (C=O) groups excluding carboxylic acids is 3. The van der Waals surface area contributed by atoms with Crippen molar-refractivity contribution in [1.82, 2.24) is 10.3 Å². The van der Waals surface area contributed by atoms with Crippen molar-refractivity contribution in [3.63, 3.8) is 0 Å². The second-order valence-electron chi connectivity index (χ2n) is 11.7. The summed E-state index contributed by atoms with van der Waals surface area (Å²) in [4.78, 5) is 45.6. The van der Waals surface area contributed by atoms with E-state index < -0.39 is 35.0 Å². The Bertz CT molecular complexity index is 2420. The molecule has 52 heavy (non-hydrogen) atoms. The van der Waals surface area contributed by atoms with Crippen molar-refractivity contribution < 1.29 is 27.5 Å². The molecular formula is C40H33N5O6S. The predicted octanol–water partition coefficient (Wildman–Crippen LogP) is 5.98. The molecule has 0 radical (unpaired) electrons. The maximum absolute atomic E-state index is 14.7. The molecule has 0 saturated heterocycles. The van der Waals surface area contributed by atoms with Gasteiger partial charge in [0.05, 0.1) is 29.4 Å². The van der Waals surface area contributed by atoms with Crippen LogP contribution in [0.3, 0.4) is 0 Å². The zero-order chi connectivity index (χ0) is 36.7. The summed E-state index contributed by atoms with van der Waals surface area (Å²) in [5, 5.41) is 13.7. The summed E-state index contributed by atoms with van der Waals surface area (Å²) in [5.74, 6) is -1.67. The second-order valence-corrected chi connectivity index (χ2v) is 13.5. The SMILES string of the molecule is CCOC(=O)CN(C(=O)CN(c1ccc2c(C(=O)NCc3ccc(C#N)cc3)cccc2c1)S(=O)(=O)c1cccc2cccnc12)c1ccccc1. The van der Waals surface area contributed by atoms with Crippen LogP contribution in [0.15, 0.2) is 132 Å². The highest BCUT2D eigenvalue weighted by molar-refractivity contribution is 7.93. The topological polar surface area (TPSA) is 150 Å². The number of carbonyl (C=O) groups is 3. The van der Waals surface area contributed by atoms with Gasteiger partial charge in [-0.3, -0.25) is 28.6 Å². The quantitative estimate of drug-likeness (QED) is 0.152. The molecule has 6 rings (SSSR count). The van der Waals surface area contributed by atoms with Gasteiger partial charge in [-0.1, -0.05) is 66.7 Å². The van der Waals surface area contributed by atoms with Crippen molar-refractivity contribution in [2.75, 3.05) is 28.9 Å². The Morgan fingerprint density at radius 3 is 2.29 bits per heavy atom. The Morgan fingerprint density at radius 1 is 0.808 bits per heavy atom. The van der Waals surface area contributed by atoms with Gasteiger partial charge in [0.25, 0.3) is 15.9 Å². The number of para-hydroxylation sites is 2. The average molecular weight is 712 g/mol. The number of anilines is 2. The number of nitrogens with zero attached hydrogens (tertiary/aromatic N) is 4. The maximum Gasteiger partial charge on any atom is 0.326 e. The number of pyridine rings is 1. The molecule has 2 amide bonds. The molecule has 0 aliphatic heterocycles. The molecule has 0 fully saturated rings. The van der Waals surface area contributed by atoms with E-state index in [0.717, 1.165) is 9.87 Å². The number of amides is 2. The Morgan fingerprint density at radius 2 is 1.54 bits per heavy atom. The van der Waals surface area contributed by atoms with Gasteiger partial charge in [-0.15, -0.1) is 0 Å². The number of nitrogens with one attached hydrogen (secondary N) is 1. The van der Waals surface area contributed by atoms with E-state index in [9.17, 15) is 22.8 Å². The Labute approximate surface area is 300 Å². The van der Waals surface area contributed by atoms with E-state index in [-0.39, 0.29) is 35.2 Å². The molecule has 260 valence electrons. The van der Waals surface area contributed by atoms with Gasteiger partial charge in [-0.25, -0.2) is 8.42 Å². The van der Waals surface area contributed by atoms with Crippen LogP contribution in [0, 0.1) is 11.3 Å². The van der Waals surface area contributed by atoms with Crippen LogP contribution in [0.5, 0.6) is 0 Å². The van der Waals surface area contributed by atoms with Gasteiger partial charge in [0.2, 0.25) is 5.91 Å². The van der Waals surface area contributed by atoms with Gasteiger partial charge < -0.3 is 10.1 Å². The number of aromatic nitrogens is 1. The molecule has 0 unspecified atom stereocenters. The molecular weight excluding hydrogens is 679 g/mol. The molecule has 1 heterocycles. The molecule has 0 bridgehead atoms. The average Bonchev–Trinajstić information content (AvgIpc) is 3.17. The minimum absolute atomic E-state index is 0.105. The Balaban J connectivity index is 1.39. The molecule has 1 aromatic heterocycles.